The number of hydrogen-bond donors (Lipinski definition) is 2. The average molecular weight is 426 g/mol. The fraction of sp³-hybridized carbons (Fsp3) is 0.318. The number of amides is 2. The Morgan fingerprint density at radius 3 is 2.45 bits per heavy atom. The number of nitro groups is 1. The van der Waals surface area contributed by atoms with Crippen LogP contribution in [0.25, 0.3) is 0 Å². The molecule has 0 radical (unpaired) electrons. The van der Waals surface area contributed by atoms with Gasteiger partial charge in [0.25, 0.3) is 17.5 Å². The maximum absolute atomic E-state index is 12.5. The van der Waals surface area contributed by atoms with Crippen LogP contribution in [0, 0.1) is 23.0 Å². The number of hydrogen-bond acceptors (Lipinski definition) is 6. The molecule has 0 fully saturated rings. The predicted molar refractivity (Wildman–Crippen MR) is 117 cm³/mol. The van der Waals surface area contributed by atoms with Crippen molar-refractivity contribution in [2.75, 3.05) is 6.61 Å². The van der Waals surface area contributed by atoms with Gasteiger partial charge < -0.3 is 10.1 Å². The molecule has 164 valence electrons. The lowest BCUT2D eigenvalue weighted by molar-refractivity contribution is -0.384. The minimum atomic E-state index is -0.776. The summed E-state index contributed by atoms with van der Waals surface area (Å²) in [5, 5.41) is 17.2. The van der Waals surface area contributed by atoms with Crippen molar-refractivity contribution in [1.29, 1.82) is 0 Å². The smallest absolute Gasteiger partial charge is 0.269 e. The number of carbonyl (C=O) groups is 2. The van der Waals surface area contributed by atoms with Crippen molar-refractivity contribution in [2.45, 2.75) is 33.2 Å². The molecule has 31 heavy (non-hydrogen) atoms. The lowest BCUT2D eigenvalue weighted by atomic mass is 10.0. The van der Waals surface area contributed by atoms with E-state index in [9.17, 15) is 19.7 Å². The van der Waals surface area contributed by atoms with Crippen molar-refractivity contribution in [1.82, 2.24) is 10.7 Å². The number of nitro benzene ring substituents is 1. The molecule has 0 saturated heterocycles. The molecule has 0 heterocycles. The van der Waals surface area contributed by atoms with Crippen molar-refractivity contribution in [2.24, 2.45) is 11.0 Å². The zero-order valence-electron chi connectivity index (χ0n) is 17.7. The molecule has 0 spiro atoms. The van der Waals surface area contributed by atoms with Crippen LogP contribution in [0.1, 0.15) is 31.4 Å². The van der Waals surface area contributed by atoms with Crippen LogP contribution in [-0.4, -0.2) is 35.6 Å². The van der Waals surface area contributed by atoms with Crippen LogP contribution < -0.4 is 15.5 Å². The summed E-state index contributed by atoms with van der Waals surface area (Å²) in [4.78, 5) is 35.0. The summed E-state index contributed by atoms with van der Waals surface area (Å²) in [5.74, 6) is -0.110. The summed E-state index contributed by atoms with van der Waals surface area (Å²) in [7, 11) is 0. The van der Waals surface area contributed by atoms with Crippen LogP contribution in [0.5, 0.6) is 5.75 Å². The third-order valence-corrected chi connectivity index (χ3v) is 4.30. The van der Waals surface area contributed by atoms with Gasteiger partial charge in [0.05, 0.1) is 11.1 Å². The van der Waals surface area contributed by atoms with Gasteiger partial charge in [-0.05, 0) is 48.6 Å². The van der Waals surface area contributed by atoms with Crippen molar-refractivity contribution in [3.05, 3.63) is 69.8 Å². The van der Waals surface area contributed by atoms with Crippen LogP contribution in [0.4, 0.5) is 5.69 Å². The maximum Gasteiger partial charge on any atom is 0.269 e. The molecule has 0 bridgehead atoms. The first-order valence-corrected chi connectivity index (χ1v) is 9.81. The van der Waals surface area contributed by atoms with E-state index in [-0.39, 0.29) is 18.2 Å². The Bertz CT molecular complexity index is 941. The number of nitrogens with one attached hydrogen (secondary N) is 2. The van der Waals surface area contributed by atoms with Crippen molar-refractivity contribution in [3.8, 4) is 5.75 Å². The van der Waals surface area contributed by atoms with Crippen LogP contribution in [0.2, 0.25) is 0 Å². The van der Waals surface area contributed by atoms with Gasteiger partial charge in [-0.2, -0.15) is 5.10 Å². The van der Waals surface area contributed by atoms with Gasteiger partial charge in [0, 0.05) is 12.1 Å². The SMILES string of the molecule is Cc1ccccc1OCC(=O)N[C@@H](CC(C)C)C(=O)N/N=C\c1ccc([N+](=O)[O-])cc1. The van der Waals surface area contributed by atoms with Crippen LogP contribution >= 0.6 is 0 Å². The van der Waals surface area contributed by atoms with E-state index in [1.54, 1.807) is 6.07 Å². The Hall–Kier alpha value is -3.75. The summed E-state index contributed by atoms with van der Waals surface area (Å²) in [6.45, 7) is 5.55. The number of aryl methyl sites for hydroxylation is 1. The molecule has 0 aromatic heterocycles. The van der Waals surface area contributed by atoms with Crippen LogP contribution in [0.3, 0.4) is 0 Å². The van der Waals surface area contributed by atoms with E-state index in [2.05, 4.69) is 15.8 Å². The maximum atomic E-state index is 12.5. The molecule has 1 atom stereocenters. The van der Waals surface area contributed by atoms with Crippen molar-refractivity contribution < 1.29 is 19.2 Å². The van der Waals surface area contributed by atoms with Gasteiger partial charge in [0.15, 0.2) is 6.61 Å². The molecular formula is C22H26N4O5. The van der Waals surface area contributed by atoms with Crippen LogP contribution in [0.15, 0.2) is 53.6 Å². The second-order valence-electron chi connectivity index (χ2n) is 7.39. The van der Waals surface area contributed by atoms with E-state index in [4.69, 9.17) is 4.74 Å². The second-order valence-corrected chi connectivity index (χ2v) is 7.39. The van der Waals surface area contributed by atoms with Crippen molar-refractivity contribution >= 4 is 23.7 Å². The van der Waals surface area contributed by atoms with Gasteiger partial charge in [-0.3, -0.25) is 19.7 Å². The van der Waals surface area contributed by atoms with Gasteiger partial charge in [-0.15, -0.1) is 0 Å². The van der Waals surface area contributed by atoms with E-state index in [1.807, 2.05) is 39.0 Å². The largest absolute Gasteiger partial charge is 0.484 e. The van der Waals surface area contributed by atoms with Gasteiger partial charge in [0.1, 0.15) is 11.8 Å². The molecule has 2 N–H and O–H groups in total. The molecular weight excluding hydrogens is 400 g/mol. The summed E-state index contributed by atoms with van der Waals surface area (Å²) >= 11 is 0. The molecule has 9 heteroatoms. The molecule has 2 rings (SSSR count). The van der Waals surface area contributed by atoms with E-state index < -0.39 is 22.8 Å². The Kier molecular flexibility index (Phi) is 8.68. The molecule has 9 nitrogen and oxygen atoms in total. The normalized spacial score (nSPS) is 11.9. The predicted octanol–water partition coefficient (Wildman–Crippen LogP) is 2.96. The molecule has 0 aliphatic carbocycles. The highest BCUT2D eigenvalue weighted by molar-refractivity contribution is 5.89. The van der Waals surface area contributed by atoms with Crippen LogP contribution in [-0.2, 0) is 9.59 Å². The van der Waals surface area contributed by atoms with Gasteiger partial charge >= 0.3 is 0 Å². The summed E-state index contributed by atoms with van der Waals surface area (Å²) in [6.07, 6.45) is 1.80. The van der Waals surface area contributed by atoms with Gasteiger partial charge in [0.2, 0.25) is 0 Å². The number of ether oxygens (including phenoxy) is 1. The number of carbonyl (C=O) groups excluding carboxylic acids is 2. The van der Waals surface area contributed by atoms with E-state index in [0.717, 1.165) is 5.56 Å². The fourth-order valence-corrected chi connectivity index (χ4v) is 2.73. The number of benzene rings is 2. The van der Waals surface area contributed by atoms with E-state index >= 15 is 0 Å². The molecule has 2 aromatic rings. The average Bonchev–Trinajstić information content (AvgIpc) is 2.72. The number of nitrogens with zero attached hydrogens (tertiary/aromatic N) is 2. The zero-order valence-corrected chi connectivity index (χ0v) is 17.7. The van der Waals surface area contributed by atoms with Crippen molar-refractivity contribution in [3.63, 3.8) is 0 Å². The molecule has 0 unspecified atom stereocenters. The molecule has 2 amide bonds. The number of rotatable bonds is 10. The molecule has 0 aliphatic rings. The Morgan fingerprint density at radius 1 is 1.16 bits per heavy atom. The molecule has 0 saturated carbocycles. The van der Waals surface area contributed by atoms with E-state index in [1.165, 1.54) is 30.5 Å². The zero-order chi connectivity index (χ0) is 22.8. The molecule has 2 aromatic carbocycles. The standard InChI is InChI=1S/C22H26N4O5/c1-15(2)12-19(24-21(27)14-31-20-7-5-4-6-16(20)3)22(28)25-23-13-17-8-10-18(11-9-17)26(29)30/h4-11,13,15,19H,12,14H2,1-3H3,(H,24,27)(H,25,28)/b23-13-/t19-/m0/s1. The lowest BCUT2D eigenvalue weighted by Gasteiger charge is -2.19. The Labute approximate surface area is 180 Å². The highest BCUT2D eigenvalue weighted by atomic mass is 16.6. The topological polar surface area (TPSA) is 123 Å². The second kappa shape index (κ2) is 11.4. The quantitative estimate of drug-likeness (QED) is 0.343. The summed E-state index contributed by atoms with van der Waals surface area (Å²) in [5.41, 5.74) is 3.86. The van der Waals surface area contributed by atoms with Gasteiger partial charge in [-0.25, -0.2) is 5.43 Å². The Morgan fingerprint density at radius 2 is 1.84 bits per heavy atom. The minimum Gasteiger partial charge on any atom is -0.484 e. The number of hydrazone groups is 1. The number of para-hydroxylation sites is 1. The lowest BCUT2D eigenvalue weighted by Crippen LogP contribution is -2.47. The summed E-state index contributed by atoms with van der Waals surface area (Å²) < 4.78 is 5.53. The Balaban J connectivity index is 1.92. The summed E-state index contributed by atoms with van der Waals surface area (Å²) in [6, 6.07) is 12.3. The number of non-ortho nitro benzene ring substituents is 1. The minimum absolute atomic E-state index is 0.0335. The molecule has 0 aliphatic heterocycles. The first-order chi connectivity index (χ1) is 14.8. The third kappa shape index (κ3) is 7.88. The fourth-order valence-electron chi connectivity index (χ4n) is 2.73. The van der Waals surface area contributed by atoms with Gasteiger partial charge in [-0.1, -0.05) is 32.0 Å². The monoisotopic (exact) mass is 426 g/mol. The first-order valence-electron chi connectivity index (χ1n) is 9.81. The van der Waals surface area contributed by atoms with E-state index in [0.29, 0.717) is 17.7 Å². The first kappa shape index (κ1) is 23.5. The highest BCUT2D eigenvalue weighted by Crippen LogP contribution is 2.16. The third-order valence-electron chi connectivity index (χ3n) is 4.30. The highest BCUT2D eigenvalue weighted by Gasteiger charge is 2.22.